The molecule has 0 unspecified atom stereocenters. The molecule has 1 heterocycles. The molecule has 0 aliphatic carbocycles. The van der Waals surface area contributed by atoms with Crippen molar-refractivity contribution in [1.82, 2.24) is 4.90 Å². The minimum absolute atomic E-state index is 0.00305. The van der Waals surface area contributed by atoms with Gasteiger partial charge in [0, 0.05) is 12.6 Å². The first kappa shape index (κ1) is 18.6. The van der Waals surface area contributed by atoms with Crippen molar-refractivity contribution < 1.29 is 17.9 Å². The van der Waals surface area contributed by atoms with Crippen LogP contribution in [-0.2, 0) is 14.6 Å². The standard InChI is InChI=1S/C16H19ClN2O4S/c1-3-19(13-6-7-24(21,22)10-13)16(20)11(2)23-15-5-4-12(9-18)8-14(15)17/h4-5,8,11,13H,3,6-7,10H2,1-2H3/t11-,13+/m0/s1. The number of benzene rings is 1. The van der Waals surface area contributed by atoms with E-state index in [1.807, 2.05) is 13.0 Å². The van der Waals surface area contributed by atoms with Crippen LogP contribution >= 0.6 is 11.6 Å². The zero-order chi connectivity index (χ0) is 17.9. The molecule has 1 aliphatic rings. The van der Waals surface area contributed by atoms with Gasteiger partial charge in [0.25, 0.3) is 5.91 Å². The molecule has 0 bridgehead atoms. The topological polar surface area (TPSA) is 87.5 Å². The second-order valence-electron chi connectivity index (χ2n) is 5.70. The summed E-state index contributed by atoms with van der Waals surface area (Å²) in [7, 11) is -3.07. The van der Waals surface area contributed by atoms with Crippen LogP contribution in [0.2, 0.25) is 5.02 Å². The number of carbonyl (C=O) groups excluding carboxylic acids is 1. The lowest BCUT2D eigenvalue weighted by Gasteiger charge is -2.29. The molecule has 0 aromatic heterocycles. The molecule has 24 heavy (non-hydrogen) atoms. The molecule has 1 fully saturated rings. The van der Waals surface area contributed by atoms with E-state index in [1.54, 1.807) is 24.0 Å². The third kappa shape index (κ3) is 4.19. The number of likely N-dealkylation sites (N-methyl/N-ethyl adjacent to an activating group) is 1. The van der Waals surface area contributed by atoms with Gasteiger partial charge < -0.3 is 9.64 Å². The molecule has 2 atom stereocenters. The van der Waals surface area contributed by atoms with E-state index in [0.717, 1.165) is 0 Å². The van der Waals surface area contributed by atoms with E-state index in [0.29, 0.717) is 24.3 Å². The number of amides is 1. The summed E-state index contributed by atoms with van der Waals surface area (Å²) in [6.45, 7) is 3.82. The molecule has 1 aromatic rings. The summed E-state index contributed by atoms with van der Waals surface area (Å²) in [6, 6.07) is 6.23. The van der Waals surface area contributed by atoms with Gasteiger partial charge in [0.2, 0.25) is 0 Å². The predicted octanol–water partition coefficient (Wildman–Crippen LogP) is 2.01. The van der Waals surface area contributed by atoms with Crippen molar-refractivity contribution in [3.8, 4) is 11.8 Å². The monoisotopic (exact) mass is 370 g/mol. The van der Waals surface area contributed by atoms with Gasteiger partial charge in [-0.2, -0.15) is 5.26 Å². The first-order valence-electron chi connectivity index (χ1n) is 7.64. The Hall–Kier alpha value is -1.78. The van der Waals surface area contributed by atoms with Crippen molar-refractivity contribution in [2.24, 2.45) is 0 Å². The summed E-state index contributed by atoms with van der Waals surface area (Å²) in [6.07, 6.45) is -0.356. The Balaban J connectivity index is 2.09. The quantitative estimate of drug-likeness (QED) is 0.791. The second kappa shape index (κ2) is 7.41. The number of nitriles is 1. The zero-order valence-electron chi connectivity index (χ0n) is 13.5. The van der Waals surface area contributed by atoms with Crippen LogP contribution in [0.5, 0.6) is 5.75 Å². The SMILES string of the molecule is CCN(C(=O)[C@H](C)Oc1ccc(C#N)cc1Cl)[C@@H]1CCS(=O)(=O)C1. The molecule has 1 saturated heterocycles. The summed E-state index contributed by atoms with van der Waals surface area (Å²) in [4.78, 5) is 14.2. The van der Waals surface area contributed by atoms with E-state index in [1.165, 1.54) is 6.07 Å². The minimum Gasteiger partial charge on any atom is -0.479 e. The van der Waals surface area contributed by atoms with E-state index in [9.17, 15) is 13.2 Å². The van der Waals surface area contributed by atoms with E-state index >= 15 is 0 Å². The molecule has 0 radical (unpaired) electrons. The molecule has 0 saturated carbocycles. The third-order valence-corrected chi connectivity index (χ3v) is 6.03. The largest absolute Gasteiger partial charge is 0.479 e. The fourth-order valence-electron chi connectivity index (χ4n) is 2.76. The molecule has 2 rings (SSSR count). The lowest BCUT2D eigenvalue weighted by Crippen LogP contribution is -2.46. The molecule has 0 spiro atoms. The van der Waals surface area contributed by atoms with Crippen LogP contribution in [0.3, 0.4) is 0 Å². The van der Waals surface area contributed by atoms with Gasteiger partial charge in [0.15, 0.2) is 15.9 Å². The molecular weight excluding hydrogens is 352 g/mol. The Morgan fingerprint density at radius 1 is 1.54 bits per heavy atom. The summed E-state index contributed by atoms with van der Waals surface area (Å²) in [5, 5.41) is 9.08. The van der Waals surface area contributed by atoms with Crippen molar-refractivity contribution in [1.29, 1.82) is 5.26 Å². The van der Waals surface area contributed by atoms with Gasteiger partial charge in [0.05, 0.1) is 28.2 Å². The summed E-state index contributed by atoms with van der Waals surface area (Å²) >= 11 is 6.05. The molecule has 6 nitrogen and oxygen atoms in total. The maximum atomic E-state index is 12.6. The van der Waals surface area contributed by atoms with Gasteiger partial charge in [0.1, 0.15) is 5.75 Å². The van der Waals surface area contributed by atoms with Crippen LogP contribution in [0, 0.1) is 11.3 Å². The molecular formula is C16H19ClN2O4S. The fourth-order valence-corrected chi connectivity index (χ4v) is 4.71. The highest BCUT2D eigenvalue weighted by molar-refractivity contribution is 7.91. The van der Waals surface area contributed by atoms with E-state index in [-0.39, 0.29) is 28.5 Å². The highest BCUT2D eigenvalue weighted by Gasteiger charge is 2.35. The molecule has 0 N–H and O–H groups in total. The van der Waals surface area contributed by atoms with E-state index in [4.69, 9.17) is 21.6 Å². The highest BCUT2D eigenvalue weighted by atomic mass is 35.5. The lowest BCUT2D eigenvalue weighted by molar-refractivity contribution is -0.139. The average molecular weight is 371 g/mol. The average Bonchev–Trinajstić information content (AvgIpc) is 2.89. The Bertz CT molecular complexity index is 773. The molecule has 130 valence electrons. The molecule has 1 aromatic carbocycles. The summed E-state index contributed by atoms with van der Waals surface area (Å²) < 4.78 is 28.9. The highest BCUT2D eigenvalue weighted by Crippen LogP contribution is 2.27. The van der Waals surface area contributed by atoms with Crippen LogP contribution in [0.15, 0.2) is 18.2 Å². The zero-order valence-corrected chi connectivity index (χ0v) is 15.1. The van der Waals surface area contributed by atoms with Gasteiger partial charge in [-0.05, 0) is 38.5 Å². The Labute approximate surface area is 146 Å². The van der Waals surface area contributed by atoms with Gasteiger partial charge in [-0.25, -0.2) is 8.42 Å². The van der Waals surface area contributed by atoms with Crippen LogP contribution < -0.4 is 4.74 Å². The van der Waals surface area contributed by atoms with E-state index < -0.39 is 15.9 Å². The molecule has 1 aliphatic heterocycles. The number of sulfone groups is 1. The second-order valence-corrected chi connectivity index (χ2v) is 8.33. The first-order valence-corrected chi connectivity index (χ1v) is 9.84. The number of rotatable bonds is 5. The number of hydrogen-bond acceptors (Lipinski definition) is 5. The van der Waals surface area contributed by atoms with Crippen LogP contribution in [0.1, 0.15) is 25.8 Å². The number of hydrogen-bond donors (Lipinski definition) is 0. The van der Waals surface area contributed by atoms with E-state index in [2.05, 4.69) is 0 Å². The maximum Gasteiger partial charge on any atom is 0.263 e. The molecule has 1 amide bonds. The van der Waals surface area contributed by atoms with Gasteiger partial charge >= 0.3 is 0 Å². The molecule has 8 heteroatoms. The Morgan fingerprint density at radius 3 is 2.75 bits per heavy atom. The lowest BCUT2D eigenvalue weighted by atomic mass is 10.2. The first-order chi connectivity index (χ1) is 11.3. The van der Waals surface area contributed by atoms with Gasteiger partial charge in [-0.3, -0.25) is 4.79 Å². The Morgan fingerprint density at radius 2 is 2.25 bits per heavy atom. The normalized spacial score (nSPS) is 20.2. The number of ether oxygens (including phenoxy) is 1. The van der Waals surface area contributed by atoms with Crippen LogP contribution in [0.25, 0.3) is 0 Å². The number of nitrogens with zero attached hydrogens (tertiary/aromatic N) is 2. The van der Waals surface area contributed by atoms with Crippen LogP contribution in [0.4, 0.5) is 0 Å². The summed E-state index contributed by atoms with van der Waals surface area (Å²) in [5.41, 5.74) is 0.401. The summed E-state index contributed by atoms with van der Waals surface area (Å²) in [5.74, 6) is 0.140. The fraction of sp³-hybridized carbons (Fsp3) is 0.500. The van der Waals surface area contributed by atoms with Crippen LogP contribution in [-0.4, -0.2) is 49.4 Å². The van der Waals surface area contributed by atoms with Gasteiger partial charge in [-0.1, -0.05) is 11.6 Å². The third-order valence-electron chi connectivity index (χ3n) is 3.99. The van der Waals surface area contributed by atoms with Crippen molar-refractivity contribution in [2.45, 2.75) is 32.4 Å². The van der Waals surface area contributed by atoms with Gasteiger partial charge in [-0.15, -0.1) is 0 Å². The van der Waals surface area contributed by atoms with Crippen molar-refractivity contribution >= 4 is 27.3 Å². The van der Waals surface area contributed by atoms with Crippen molar-refractivity contribution in [3.05, 3.63) is 28.8 Å². The smallest absolute Gasteiger partial charge is 0.263 e. The number of carbonyl (C=O) groups is 1. The maximum absolute atomic E-state index is 12.6. The van der Waals surface area contributed by atoms with Crippen molar-refractivity contribution in [3.63, 3.8) is 0 Å². The Kier molecular flexibility index (Phi) is 5.73. The number of halogens is 1. The predicted molar refractivity (Wildman–Crippen MR) is 90.7 cm³/mol. The van der Waals surface area contributed by atoms with Crippen molar-refractivity contribution in [2.75, 3.05) is 18.1 Å². The minimum atomic E-state index is -3.07.